The van der Waals surface area contributed by atoms with Gasteiger partial charge in [-0.15, -0.1) is 0 Å². The number of carbonyl (C=O) groups excluding carboxylic acids is 2. The summed E-state index contributed by atoms with van der Waals surface area (Å²) in [5.41, 5.74) is 1.30. The molecule has 1 aromatic heterocycles. The van der Waals surface area contributed by atoms with Gasteiger partial charge in [-0.2, -0.15) is 0 Å². The third-order valence-electron chi connectivity index (χ3n) is 4.17. The molecular formula is C20H17F2NO4. The zero-order valence-corrected chi connectivity index (χ0v) is 14.7. The average Bonchev–Trinajstić information content (AvgIpc) is 2.97. The molecule has 0 unspecified atom stereocenters. The van der Waals surface area contributed by atoms with Crippen molar-refractivity contribution in [2.24, 2.45) is 0 Å². The van der Waals surface area contributed by atoms with Crippen LogP contribution < -0.4 is 5.32 Å². The molecule has 0 radical (unpaired) electrons. The van der Waals surface area contributed by atoms with Gasteiger partial charge in [-0.05, 0) is 26.0 Å². The summed E-state index contributed by atoms with van der Waals surface area (Å²) in [6, 6.07) is 9.52. The Balaban J connectivity index is 1.61. The second-order valence-corrected chi connectivity index (χ2v) is 6.08. The van der Waals surface area contributed by atoms with E-state index in [-0.39, 0.29) is 11.3 Å². The number of amides is 1. The van der Waals surface area contributed by atoms with E-state index in [0.29, 0.717) is 11.1 Å². The third kappa shape index (κ3) is 3.97. The number of carbonyl (C=O) groups is 2. The smallest absolute Gasteiger partial charge is 0.375 e. The van der Waals surface area contributed by atoms with Crippen molar-refractivity contribution in [1.29, 1.82) is 0 Å². The quantitative estimate of drug-likeness (QED) is 0.685. The lowest BCUT2D eigenvalue weighted by atomic mass is 10.1. The second kappa shape index (κ2) is 7.57. The maximum absolute atomic E-state index is 13.7. The predicted molar refractivity (Wildman–Crippen MR) is 94.1 cm³/mol. The van der Waals surface area contributed by atoms with E-state index in [0.717, 1.165) is 17.5 Å². The van der Waals surface area contributed by atoms with Gasteiger partial charge >= 0.3 is 5.97 Å². The molecular weight excluding hydrogens is 356 g/mol. The molecule has 140 valence electrons. The Labute approximate surface area is 153 Å². The fourth-order valence-corrected chi connectivity index (χ4v) is 2.78. The largest absolute Gasteiger partial charge is 0.450 e. The molecule has 1 amide bonds. The number of ether oxygens (including phenoxy) is 1. The Morgan fingerprint density at radius 1 is 1.19 bits per heavy atom. The summed E-state index contributed by atoms with van der Waals surface area (Å²) in [5, 5.41) is 3.28. The third-order valence-corrected chi connectivity index (χ3v) is 4.17. The van der Waals surface area contributed by atoms with Gasteiger partial charge < -0.3 is 14.5 Å². The number of hydrogen-bond donors (Lipinski definition) is 1. The van der Waals surface area contributed by atoms with Crippen LogP contribution in [0, 0.1) is 18.6 Å². The van der Waals surface area contributed by atoms with Gasteiger partial charge in [0.25, 0.3) is 5.91 Å². The van der Waals surface area contributed by atoms with Crippen LogP contribution in [0.5, 0.6) is 0 Å². The molecule has 2 aromatic carbocycles. The fourth-order valence-electron chi connectivity index (χ4n) is 2.78. The number of benzene rings is 2. The van der Waals surface area contributed by atoms with E-state index in [4.69, 9.17) is 9.15 Å². The number of hydrogen-bond acceptors (Lipinski definition) is 4. The van der Waals surface area contributed by atoms with Crippen molar-refractivity contribution < 1.29 is 27.5 Å². The minimum Gasteiger partial charge on any atom is -0.450 e. The van der Waals surface area contributed by atoms with Crippen LogP contribution in [0.3, 0.4) is 0 Å². The summed E-state index contributed by atoms with van der Waals surface area (Å²) in [6.07, 6.45) is 0. The van der Waals surface area contributed by atoms with Crippen LogP contribution in [-0.4, -0.2) is 18.5 Å². The first kappa shape index (κ1) is 18.6. The Kier molecular flexibility index (Phi) is 5.21. The first-order chi connectivity index (χ1) is 12.9. The van der Waals surface area contributed by atoms with E-state index in [2.05, 4.69) is 5.32 Å². The lowest BCUT2D eigenvalue weighted by Gasteiger charge is -2.15. The van der Waals surface area contributed by atoms with Crippen LogP contribution in [0.2, 0.25) is 0 Å². The molecule has 0 saturated heterocycles. The molecule has 0 aliphatic carbocycles. The van der Waals surface area contributed by atoms with Crippen molar-refractivity contribution in [1.82, 2.24) is 5.32 Å². The van der Waals surface area contributed by atoms with Crippen molar-refractivity contribution in [3.63, 3.8) is 0 Å². The van der Waals surface area contributed by atoms with Gasteiger partial charge in [-0.1, -0.05) is 24.3 Å². The minimum atomic E-state index is -0.766. The molecule has 5 nitrogen and oxygen atoms in total. The number of halogens is 2. The molecule has 0 aliphatic rings. The van der Waals surface area contributed by atoms with Crippen molar-refractivity contribution in [3.05, 3.63) is 71.0 Å². The maximum Gasteiger partial charge on any atom is 0.375 e. The highest BCUT2D eigenvalue weighted by molar-refractivity contribution is 5.96. The molecule has 0 saturated carbocycles. The number of nitrogens with one attached hydrogen (secondary N) is 1. The van der Waals surface area contributed by atoms with Crippen LogP contribution in [-0.2, 0) is 9.53 Å². The van der Waals surface area contributed by atoms with E-state index in [1.807, 2.05) is 12.1 Å². The highest BCUT2D eigenvalue weighted by atomic mass is 19.1. The van der Waals surface area contributed by atoms with Gasteiger partial charge in [0.15, 0.2) is 6.61 Å². The number of fused-ring (bicyclic) bond motifs is 1. The highest BCUT2D eigenvalue weighted by Gasteiger charge is 2.21. The van der Waals surface area contributed by atoms with Crippen LogP contribution in [0.15, 0.2) is 46.9 Å². The lowest BCUT2D eigenvalue weighted by molar-refractivity contribution is -0.124. The fraction of sp³-hybridized carbons (Fsp3) is 0.200. The molecule has 0 aliphatic heterocycles. The number of rotatable bonds is 5. The molecule has 0 fully saturated rings. The van der Waals surface area contributed by atoms with Crippen LogP contribution >= 0.6 is 0 Å². The zero-order chi connectivity index (χ0) is 19.6. The second-order valence-electron chi connectivity index (χ2n) is 6.08. The van der Waals surface area contributed by atoms with E-state index >= 15 is 0 Å². The van der Waals surface area contributed by atoms with Gasteiger partial charge in [-0.3, -0.25) is 4.79 Å². The van der Waals surface area contributed by atoms with E-state index in [1.165, 1.54) is 6.07 Å². The van der Waals surface area contributed by atoms with Gasteiger partial charge in [0.1, 0.15) is 17.2 Å². The summed E-state index contributed by atoms with van der Waals surface area (Å²) in [5.74, 6) is -2.82. The monoisotopic (exact) mass is 373 g/mol. The summed E-state index contributed by atoms with van der Waals surface area (Å²) in [4.78, 5) is 24.2. The molecule has 7 heteroatoms. The first-order valence-electron chi connectivity index (χ1n) is 8.26. The maximum atomic E-state index is 13.7. The molecule has 0 bridgehead atoms. The Morgan fingerprint density at radius 3 is 2.63 bits per heavy atom. The Morgan fingerprint density at radius 2 is 1.93 bits per heavy atom. The molecule has 3 rings (SSSR count). The summed E-state index contributed by atoms with van der Waals surface area (Å²) in [6.45, 7) is 2.71. The number of furan rings is 1. The van der Waals surface area contributed by atoms with Crippen molar-refractivity contribution in [3.8, 4) is 0 Å². The van der Waals surface area contributed by atoms with Crippen LogP contribution in [0.4, 0.5) is 8.78 Å². The summed E-state index contributed by atoms with van der Waals surface area (Å²) in [7, 11) is 0. The van der Waals surface area contributed by atoms with Gasteiger partial charge in [0.2, 0.25) is 5.76 Å². The Bertz CT molecular complexity index is 1010. The van der Waals surface area contributed by atoms with E-state index in [1.54, 1.807) is 26.0 Å². The zero-order valence-electron chi connectivity index (χ0n) is 14.7. The van der Waals surface area contributed by atoms with Crippen molar-refractivity contribution in [2.45, 2.75) is 19.9 Å². The summed E-state index contributed by atoms with van der Waals surface area (Å²) < 4.78 is 37.2. The summed E-state index contributed by atoms with van der Waals surface area (Å²) >= 11 is 0. The number of esters is 1. The first-order valence-corrected chi connectivity index (χ1v) is 8.26. The van der Waals surface area contributed by atoms with Gasteiger partial charge in [0, 0.05) is 22.6 Å². The molecule has 27 heavy (non-hydrogen) atoms. The molecule has 1 atom stereocenters. The van der Waals surface area contributed by atoms with E-state index in [9.17, 15) is 18.4 Å². The molecule has 3 aromatic rings. The standard InChI is InChI=1S/C20H17F2NO4/c1-11-14-5-3-4-6-17(14)27-19(11)20(25)26-10-18(24)23-12(2)15-8-7-13(21)9-16(15)22/h3-9,12H,10H2,1-2H3,(H,23,24)/t12-/m0/s1. The number of aryl methyl sites for hydroxylation is 1. The molecule has 1 heterocycles. The predicted octanol–water partition coefficient (Wildman–Crippen LogP) is 4.05. The van der Waals surface area contributed by atoms with Crippen LogP contribution in [0.25, 0.3) is 11.0 Å². The number of para-hydroxylation sites is 1. The topological polar surface area (TPSA) is 68.5 Å². The van der Waals surface area contributed by atoms with E-state index < -0.39 is 36.2 Å². The van der Waals surface area contributed by atoms with Crippen LogP contribution in [0.1, 0.15) is 34.6 Å². The van der Waals surface area contributed by atoms with Gasteiger partial charge in [-0.25, -0.2) is 13.6 Å². The molecule has 1 N–H and O–H groups in total. The normalized spacial score (nSPS) is 12.0. The minimum absolute atomic E-state index is 0.0293. The average molecular weight is 373 g/mol. The Hall–Kier alpha value is -3.22. The lowest BCUT2D eigenvalue weighted by Crippen LogP contribution is -2.31. The molecule has 0 spiro atoms. The van der Waals surface area contributed by atoms with Gasteiger partial charge in [0.05, 0.1) is 6.04 Å². The van der Waals surface area contributed by atoms with Crippen molar-refractivity contribution in [2.75, 3.05) is 6.61 Å². The highest BCUT2D eigenvalue weighted by Crippen LogP contribution is 2.25. The SMILES string of the molecule is Cc1c(C(=O)OCC(=O)N[C@@H](C)c2ccc(F)cc2F)oc2ccccc12. The van der Waals surface area contributed by atoms with Crippen molar-refractivity contribution >= 4 is 22.8 Å².